The van der Waals surface area contributed by atoms with Crippen molar-refractivity contribution in [3.8, 4) is 5.75 Å². The topological polar surface area (TPSA) is 125 Å². The van der Waals surface area contributed by atoms with Gasteiger partial charge in [-0.3, -0.25) is 19.8 Å². The van der Waals surface area contributed by atoms with Gasteiger partial charge in [0.25, 0.3) is 0 Å². The Morgan fingerprint density at radius 3 is 1.59 bits per heavy atom. The molecule has 9 nitrogen and oxygen atoms in total. The number of Topliss-reactive ketones (excluding diaryl/α,β-unsaturated/α-hetero) is 2. The fourth-order valence-corrected chi connectivity index (χ4v) is 8.35. The minimum absolute atomic E-state index is 0.0119. The normalized spacial score (nSPS) is 21.7. The van der Waals surface area contributed by atoms with Crippen molar-refractivity contribution in [2.24, 2.45) is 10.8 Å². The summed E-state index contributed by atoms with van der Waals surface area (Å²) in [6.07, 6.45) is 2.88. The molecule has 4 aromatic rings. The Bertz CT molecular complexity index is 2060. The van der Waals surface area contributed by atoms with Crippen molar-refractivity contribution >= 4 is 23.2 Å². The van der Waals surface area contributed by atoms with Gasteiger partial charge in [0, 0.05) is 75.3 Å². The molecule has 9 heteroatoms. The molecule has 0 saturated heterocycles. The first-order valence-corrected chi connectivity index (χ1v) is 17.1. The number of rotatable bonds is 3. The maximum Gasteiger partial charge on any atom is 0.162 e. The van der Waals surface area contributed by atoms with Crippen LogP contribution in [0.5, 0.6) is 5.75 Å². The number of nitrogens with one attached hydrogen (secondary N) is 4. The van der Waals surface area contributed by atoms with Crippen LogP contribution in [0.3, 0.4) is 0 Å². The van der Waals surface area contributed by atoms with Gasteiger partial charge in [-0.05, 0) is 61.6 Å². The first kappa shape index (κ1) is 32.6. The highest BCUT2D eigenvalue weighted by atomic mass is 16.5. The third-order valence-corrected chi connectivity index (χ3v) is 10.5. The monoisotopic (exact) mass is 658 g/mol. The second-order valence-electron chi connectivity index (χ2n) is 15.6. The Morgan fingerprint density at radius 1 is 0.653 bits per heavy atom. The molecule has 4 N–H and O–H groups in total. The summed E-state index contributed by atoms with van der Waals surface area (Å²) in [6.45, 7) is 14.7. The van der Waals surface area contributed by atoms with Crippen molar-refractivity contribution < 1.29 is 14.3 Å². The van der Waals surface area contributed by atoms with Gasteiger partial charge < -0.3 is 15.4 Å². The number of nitrogens with zero attached hydrogens (tertiary/aromatic N) is 2. The lowest BCUT2D eigenvalue weighted by molar-refractivity contribution is -0.119. The van der Waals surface area contributed by atoms with Crippen LogP contribution in [0.4, 0.5) is 11.6 Å². The van der Waals surface area contributed by atoms with E-state index in [-0.39, 0.29) is 34.2 Å². The quantitative estimate of drug-likeness (QED) is 0.175. The van der Waals surface area contributed by atoms with Gasteiger partial charge in [-0.2, -0.15) is 10.2 Å². The van der Waals surface area contributed by atoms with Crippen molar-refractivity contribution in [2.75, 3.05) is 17.7 Å². The summed E-state index contributed by atoms with van der Waals surface area (Å²) < 4.78 is 5.60. The van der Waals surface area contributed by atoms with Gasteiger partial charge in [0.05, 0.1) is 7.11 Å². The standard InChI is InChI=1S/C20H23N3O2.C20H23N3O/c1-11-16-17(12-7-5-6-8-15(12)25-4)18-13(21-19(16)23-22-11)9-20(2,3)10-14(18)24;1-11-7-5-6-8-13(11)17-16-12(2)22-23-19(16)21-14-9-20(3,4)10-15(24)18(14)17/h5-8,17H,9-10H2,1-4H3,(H2,21,22,23);5-8,17H,9-10H2,1-4H3,(H2,21,22,23). The molecule has 4 aliphatic rings. The fraction of sp³-hybridized carbons (Fsp3) is 0.400. The van der Waals surface area contributed by atoms with E-state index in [9.17, 15) is 9.59 Å². The van der Waals surface area contributed by atoms with Crippen LogP contribution in [0.1, 0.15) is 104 Å². The van der Waals surface area contributed by atoms with Crippen molar-refractivity contribution in [2.45, 2.75) is 86.0 Å². The Morgan fingerprint density at radius 2 is 1.10 bits per heavy atom. The van der Waals surface area contributed by atoms with Crippen molar-refractivity contribution in [1.82, 2.24) is 20.4 Å². The van der Waals surface area contributed by atoms with Gasteiger partial charge >= 0.3 is 0 Å². The molecular formula is C40H46N6O3. The van der Waals surface area contributed by atoms with E-state index in [1.165, 1.54) is 11.1 Å². The average Bonchev–Trinajstić information content (AvgIpc) is 3.59. The molecule has 0 spiro atoms. The zero-order chi connectivity index (χ0) is 34.8. The maximum atomic E-state index is 13.1. The summed E-state index contributed by atoms with van der Waals surface area (Å²) in [6, 6.07) is 16.3. The highest BCUT2D eigenvalue weighted by Gasteiger charge is 2.44. The van der Waals surface area contributed by atoms with Gasteiger partial charge in [0.1, 0.15) is 5.75 Å². The molecule has 2 atom stereocenters. The number of benzene rings is 2. The lowest BCUT2D eigenvalue weighted by atomic mass is 9.68. The predicted octanol–water partition coefficient (Wildman–Crippen LogP) is 8.15. The minimum atomic E-state index is -0.148. The number of hydrogen-bond donors (Lipinski definition) is 4. The summed E-state index contributed by atoms with van der Waals surface area (Å²) in [5.41, 5.74) is 11.3. The number of aromatic nitrogens is 4. The maximum absolute atomic E-state index is 13.1. The van der Waals surface area contributed by atoms with Gasteiger partial charge in [-0.25, -0.2) is 0 Å². The van der Waals surface area contributed by atoms with E-state index in [1.54, 1.807) is 7.11 Å². The van der Waals surface area contributed by atoms with Crippen LogP contribution < -0.4 is 15.4 Å². The summed E-state index contributed by atoms with van der Waals surface area (Å²) in [7, 11) is 1.67. The molecule has 49 heavy (non-hydrogen) atoms. The Hall–Kier alpha value is -4.92. The molecule has 2 aromatic heterocycles. The lowest BCUT2D eigenvalue weighted by Crippen LogP contribution is -2.34. The molecule has 2 aliphatic heterocycles. The molecule has 2 aromatic carbocycles. The van der Waals surface area contributed by atoms with E-state index >= 15 is 0 Å². The summed E-state index contributed by atoms with van der Waals surface area (Å²) in [5, 5.41) is 21.9. The average molecular weight is 659 g/mol. The first-order valence-electron chi connectivity index (χ1n) is 17.1. The zero-order valence-electron chi connectivity index (χ0n) is 29.7. The molecule has 2 aliphatic carbocycles. The summed E-state index contributed by atoms with van der Waals surface area (Å²) in [5.74, 6) is 2.77. The van der Waals surface area contributed by atoms with E-state index in [0.717, 1.165) is 80.8 Å². The van der Waals surface area contributed by atoms with E-state index < -0.39 is 0 Å². The number of fused-ring (bicyclic) bond motifs is 2. The summed E-state index contributed by atoms with van der Waals surface area (Å²) in [4.78, 5) is 26.2. The molecule has 254 valence electrons. The molecule has 0 saturated carbocycles. The molecule has 0 radical (unpaired) electrons. The molecule has 0 fully saturated rings. The Balaban J connectivity index is 0.000000154. The predicted molar refractivity (Wildman–Crippen MR) is 192 cm³/mol. The Labute approximate surface area is 288 Å². The smallest absolute Gasteiger partial charge is 0.162 e. The van der Waals surface area contributed by atoms with Gasteiger partial charge in [0.2, 0.25) is 0 Å². The SMILES string of the molecule is COc1ccccc1C1C2=C(CC(C)(C)CC2=O)Nc2n[nH]c(C)c21.Cc1ccccc1C1C2=C(CC(C)(C)CC2=O)Nc2n[nH]c(C)c21. The number of ether oxygens (including phenoxy) is 1. The van der Waals surface area contributed by atoms with Crippen molar-refractivity contribution in [1.29, 1.82) is 0 Å². The summed E-state index contributed by atoms with van der Waals surface area (Å²) >= 11 is 0. The second kappa shape index (κ2) is 11.9. The number of carbonyl (C=O) groups is 2. The van der Waals surface area contributed by atoms with Crippen LogP contribution in [0.2, 0.25) is 0 Å². The number of carbonyl (C=O) groups excluding carboxylic acids is 2. The number of anilines is 2. The highest BCUT2D eigenvalue weighted by Crippen LogP contribution is 2.52. The van der Waals surface area contributed by atoms with E-state index in [2.05, 4.69) is 83.8 Å². The molecule has 0 bridgehead atoms. The van der Waals surface area contributed by atoms with Crippen LogP contribution in [0, 0.1) is 31.6 Å². The van der Waals surface area contributed by atoms with E-state index in [1.807, 2.05) is 44.2 Å². The van der Waals surface area contributed by atoms with Crippen molar-refractivity contribution in [3.63, 3.8) is 0 Å². The minimum Gasteiger partial charge on any atom is -0.496 e. The molecule has 2 unspecified atom stereocenters. The number of aromatic amines is 2. The van der Waals surface area contributed by atoms with Crippen LogP contribution in [0.25, 0.3) is 0 Å². The number of allylic oxidation sites excluding steroid dienone is 4. The highest BCUT2D eigenvalue weighted by molar-refractivity contribution is 6.02. The molecule has 4 heterocycles. The Kier molecular flexibility index (Phi) is 7.92. The number of methoxy groups -OCH3 is 1. The van der Waals surface area contributed by atoms with Crippen LogP contribution in [-0.2, 0) is 9.59 Å². The number of hydrogen-bond acceptors (Lipinski definition) is 7. The number of H-pyrrole nitrogens is 2. The fourth-order valence-electron chi connectivity index (χ4n) is 8.35. The van der Waals surface area contributed by atoms with E-state index in [4.69, 9.17) is 4.74 Å². The number of para-hydroxylation sites is 1. The zero-order valence-corrected chi connectivity index (χ0v) is 29.7. The third-order valence-electron chi connectivity index (χ3n) is 10.5. The van der Waals surface area contributed by atoms with Gasteiger partial charge in [-0.1, -0.05) is 70.2 Å². The largest absolute Gasteiger partial charge is 0.496 e. The van der Waals surface area contributed by atoms with Crippen LogP contribution in [-0.4, -0.2) is 39.1 Å². The van der Waals surface area contributed by atoms with Crippen molar-refractivity contribution in [3.05, 3.63) is 110 Å². The van der Waals surface area contributed by atoms with Gasteiger partial charge in [0.15, 0.2) is 23.2 Å². The number of aryl methyl sites for hydroxylation is 3. The first-order chi connectivity index (χ1) is 23.3. The van der Waals surface area contributed by atoms with Crippen LogP contribution in [0.15, 0.2) is 71.1 Å². The van der Waals surface area contributed by atoms with Crippen LogP contribution >= 0.6 is 0 Å². The van der Waals surface area contributed by atoms with E-state index in [0.29, 0.717) is 12.8 Å². The lowest BCUT2D eigenvalue weighted by Gasteiger charge is -2.38. The number of ketones is 2. The molecular weight excluding hydrogens is 612 g/mol. The van der Waals surface area contributed by atoms with Gasteiger partial charge in [-0.15, -0.1) is 0 Å². The molecule has 0 amide bonds. The second-order valence-corrected chi connectivity index (χ2v) is 15.6. The molecule has 8 rings (SSSR count). The third kappa shape index (κ3) is 5.69.